The summed E-state index contributed by atoms with van der Waals surface area (Å²) in [6.45, 7) is 6.80. The molecule has 2 saturated heterocycles. The third-order valence-electron chi connectivity index (χ3n) is 8.55. The molecule has 5 rings (SSSR count). The van der Waals surface area contributed by atoms with Gasteiger partial charge in [0, 0.05) is 17.8 Å². The number of benzene rings is 1. The first-order chi connectivity index (χ1) is 18.2. The van der Waals surface area contributed by atoms with Crippen molar-refractivity contribution in [2.24, 2.45) is 17.8 Å². The van der Waals surface area contributed by atoms with Gasteiger partial charge >= 0.3 is 5.97 Å². The van der Waals surface area contributed by atoms with Crippen LogP contribution in [0.2, 0.25) is 0 Å². The molecule has 0 aromatic heterocycles. The molecular weight excluding hydrogens is 500 g/mol. The third kappa shape index (κ3) is 4.39. The van der Waals surface area contributed by atoms with Crippen molar-refractivity contribution in [3.63, 3.8) is 0 Å². The van der Waals surface area contributed by atoms with Gasteiger partial charge in [-0.3, -0.25) is 14.4 Å². The zero-order valence-electron chi connectivity index (χ0n) is 22.4. The highest BCUT2D eigenvalue weighted by molar-refractivity contribution is 8.02. The summed E-state index contributed by atoms with van der Waals surface area (Å²) in [4.78, 5) is 45.9. The van der Waals surface area contributed by atoms with E-state index in [2.05, 4.69) is 12.2 Å². The van der Waals surface area contributed by atoms with Crippen LogP contribution in [-0.4, -0.2) is 74.0 Å². The lowest BCUT2D eigenvalue weighted by Crippen LogP contribution is -2.57. The molecule has 1 aromatic rings. The van der Waals surface area contributed by atoms with E-state index in [1.165, 1.54) is 0 Å². The maximum Gasteiger partial charge on any atom is 0.311 e. The Morgan fingerprint density at radius 1 is 1.05 bits per heavy atom. The number of esters is 1. The van der Waals surface area contributed by atoms with Gasteiger partial charge in [-0.25, -0.2) is 0 Å². The molecule has 4 aliphatic heterocycles. The van der Waals surface area contributed by atoms with Crippen molar-refractivity contribution in [3.8, 4) is 0 Å². The highest BCUT2D eigenvalue weighted by Crippen LogP contribution is 2.65. The van der Waals surface area contributed by atoms with Gasteiger partial charge in [0.25, 0.3) is 0 Å². The number of cyclic esters (lactones) is 1. The molecule has 4 aliphatic rings. The van der Waals surface area contributed by atoms with Crippen LogP contribution in [0.5, 0.6) is 0 Å². The monoisotopic (exact) mass is 538 g/mol. The van der Waals surface area contributed by atoms with E-state index >= 15 is 0 Å². The Morgan fingerprint density at radius 2 is 1.82 bits per heavy atom. The second-order valence-corrected chi connectivity index (χ2v) is 13.2. The summed E-state index contributed by atoms with van der Waals surface area (Å²) in [5, 5.41) is 10.4. The molecule has 7 nitrogen and oxygen atoms in total. The van der Waals surface area contributed by atoms with Crippen LogP contribution in [0.25, 0.3) is 0 Å². The molecule has 2 fully saturated rings. The zero-order chi connectivity index (χ0) is 27.1. The minimum Gasteiger partial charge on any atom is -0.465 e. The zero-order valence-corrected chi connectivity index (χ0v) is 23.2. The molecule has 4 heterocycles. The number of likely N-dealkylation sites (tertiary alicyclic amines) is 1. The number of rotatable bonds is 5. The second-order valence-electron chi connectivity index (χ2n) is 11.4. The molecule has 1 aromatic carbocycles. The smallest absolute Gasteiger partial charge is 0.311 e. The summed E-state index contributed by atoms with van der Waals surface area (Å²) in [6, 6.07) is 8.45. The average molecular weight is 539 g/mol. The molecule has 1 unspecified atom stereocenters. The first-order valence-corrected chi connectivity index (χ1v) is 14.5. The molecule has 38 heavy (non-hydrogen) atoms. The Labute approximate surface area is 229 Å². The van der Waals surface area contributed by atoms with Crippen molar-refractivity contribution in [1.29, 1.82) is 0 Å². The van der Waals surface area contributed by atoms with Crippen LogP contribution in [0.1, 0.15) is 45.6 Å². The molecule has 1 N–H and O–H groups in total. The number of carbonyl (C=O) groups is 3. The number of carbonyl (C=O) groups excluding carboxylic acids is 3. The third-order valence-corrected chi connectivity index (χ3v) is 10.3. The summed E-state index contributed by atoms with van der Waals surface area (Å²) in [6.07, 6.45) is 10.8. The molecule has 0 radical (unpaired) electrons. The van der Waals surface area contributed by atoms with Gasteiger partial charge < -0.3 is 19.6 Å². The standard InChI is InChI=1S/C30H38N2O5S/c1-20(2)22(19-33)32-25-27(35)31(18-21-12-7-6-8-13-21)16-11-15-30(25)23(26(32)34)24-28(36)37-17-10-5-4-9-14-29(24,3)38-30/h6-9,11-15,20,22-25,33H,4-5,10,16-19H2,1-3H3/b14-9-/t22-,23-,24-,25?,29+,30-/m0/s1. The highest BCUT2D eigenvalue weighted by atomic mass is 32.2. The molecule has 6 atom stereocenters. The van der Waals surface area contributed by atoms with E-state index in [4.69, 9.17) is 4.74 Å². The summed E-state index contributed by atoms with van der Waals surface area (Å²) >= 11 is 1.55. The fourth-order valence-corrected chi connectivity index (χ4v) is 8.85. The van der Waals surface area contributed by atoms with E-state index in [0.29, 0.717) is 19.7 Å². The van der Waals surface area contributed by atoms with Gasteiger partial charge in [0.2, 0.25) is 11.8 Å². The number of hydrogen-bond donors (Lipinski definition) is 1. The molecule has 0 saturated carbocycles. The molecule has 0 aliphatic carbocycles. The number of amides is 2. The van der Waals surface area contributed by atoms with Crippen molar-refractivity contribution in [1.82, 2.24) is 9.80 Å². The van der Waals surface area contributed by atoms with Crippen molar-refractivity contribution in [2.45, 2.75) is 68.2 Å². The Hall–Kier alpha value is -2.58. The van der Waals surface area contributed by atoms with Crippen LogP contribution >= 0.6 is 11.8 Å². The summed E-state index contributed by atoms with van der Waals surface area (Å²) in [5.41, 5.74) is 1.01. The fraction of sp³-hybridized carbons (Fsp3) is 0.567. The minimum atomic E-state index is -0.946. The quantitative estimate of drug-likeness (QED) is 0.456. The molecule has 8 heteroatoms. The minimum absolute atomic E-state index is 0.0743. The van der Waals surface area contributed by atoms with Gasteiger partial charge in [-0.15, -0.1) is 11.8 Å². The number of allylic oxidation sites excluding steroid dienone is 1. The number of thioether (sulfide) groups is 1. The topological polar surface area (TPSA) is 87.2 Å². The Kier molecular flexibility index (Phi) is 7.48. The number of hydrogen-bond acceptors (Lipinski definition) is 6. The van der Waals surface area contributed by atoms with Crippen molar-refractivity contribution in [3.05, 3.63) is 60.2 Å². The van der Waals surface area contributed by atoms with E-state index < -0.39 is 33.4 Å². The summed E-state index contributed by atoms with van der Waals surface area (Å²) in [7, 11) is 0. The Bertz CT molecular complexity index is 1140. The molecule has 204 valence electrons. The van der Waals surface area contributed by atoms with Crippen LogP contribution in [0.3, 0.4) is 0 Å². The first-order valence-electron chi connectivity index (χ1n) is 13.7. The average Bonchev–Trinajstić information content (AvgIpc) is 3.22. The van der Waals surface area contributed by atoms with Crippen LogP contribution in [-0.2, 0) is 25.7 Å². The summed E-state index contributed by atoms with van der Waals surface area (Å²) in [5.74, 6) is -2.33. The Morgan fingerprint density at radius 3 is 2.53 bits per heavy atom. The van der Waals surface area contributed by atoms with Gasteiger partial charge in [0.1, 0.15) is 6.04 Å². The van der Waals surface area contributed by atoms with Crippen LogP contribution in [0.15, 0.2) is 54.6 Å². The van der Waals surface area contributed by atoms with Gasteiger partial charge in [0.05, 0.1) is 35.8 Å². The number of aliphatic hydroxyl groups excluding tert-OH is 1. The van der Waals surface area contributed by atoms with Crippen LogP contribution in [0, 0.1) is 17.8 Å². The van der Waals surface area contributed by atoms with E-state index in [9.17, 15) is 19.5 Å². The molecule has 2 amide bonds. The fourth-order valence-electron chi connectivity index (χ4n) is 6.71. The van der Waals surface area contributed by atoms with Gasteiger partial charge in [0.15, 0.2) is 0 Å². The number of nitrogens with zero attached hydrogens (tertiary/aromatic N) is 2. The number of fused-ring (bicyclic) bond motifs is 2. The van der Waals surface area contributed by atoms with E-state index in [1.807, 2.05) is 63.3 Å². The highest BCUT2D eigenvalue weighted by Gasteiger charge is 2.74. The van der Waals surface area contributed by atoms with Crippen LogP contribution in [0.4, 0.5) is 0 Å². The lowest BCUT2D eigenvalue weighted by Gasteiger charge is -2.41. The van der Waals surface area contributed by atoms with E-state index in [1.54, 1.807) is 21.6 Å². The predicted octanol–water partition coefficient (Wildman–Crippen LogP) is 3.57. The van der Waals surface area contributed by atoms with Gasteiger partial charge in [-0.1, -0.05) is 68.5 Å². The Balaban J connectivity index is 1.64. The van der Waals surface area contributed by atoms with Gasteiger partial charge in [-0.05, 0) is 37.7 Å². The normalized spacial score (nSPS) is 34.9. The molecular formula is C30H38N2O5S. The van der Waals surface area contributed by atoms with Crippen molar-refractivity contribution in [2.75, 3.05) is 19.8 Å². The number of aliphatic hydroxyl groups is 1. The second kappa shape index (κ2) is 10.5. The predicted molar refractivity (Wildman–Crippen MR) is 147 cm³/mol. The van der Waals surface area contributed by atoms with Crippen molar-refractivity contribution >= 4 is 29.5 Å². The molecule has 1 spiro atoms. The van der Waals surface area contributed by atoms with Gasteiger partial charge in [-0.2, -0.15) is 0 Å². The maximum atomic E-state index is 14.5. The van der Waals surface area contributed by atoms with E-state index in [-0.39, 0.29) is 30.3 Å². The lowest BCUT2D eigenvalue weighted by atomic mass is 9.74. The largest absolute Gasteiger partial charge is 0.465 e. The number of ether oxygens (including phenoxy) is 1. The maximum absolute atomic E-state index is 14.5. The van der Waals surface area contributed by atoms with Crippen molar-refractivity contribution < 1.29 is 24.2 Å². The lowest BCUT2D eigenvalue weighted by molar-refractivity contribution is -0.155. The summed E-state index contributed by atoms with van der Waals surface area (Å²) < 4.78 is 4.08. The SMILES string of the molecule is CC(C)[C@H](CO)N1C(=O)[C@@H]2[C@H]3C(=O)OCCCC/C=C\[C@@]3(C)S[C@@]23C=CCN(Cc2ccccc2)C(=O)C13. The first kappa shape index (κ1) is 27.0. The molecule has 0 bridgehead atoms. The van der Waals surface area contributed by atoms with E-state index in [0.717, 1.165) is 24.8 Å². The van der Waals surface area contributed by atoms with Crippen LogP contribution < -0.4 is 0 Å².